The van der Waals surface area contributed by atoms with Crippen molar-refractivity contribution in [3.63, 3.8) is 0 Å². The zero-order valence-electron chi connectivity index (χ0n) is 14.7. The second-order valence-corrected chi connectivity index (χ2v) is 7.65. The van der Waals surface area contributed by atoms with E-state index >= 15 is 0 Å². The molecule has 0 saturated carbocycles. The Balaban J connectivity index is 1.67. The highest BCUT2D eigenvalue weighted by Crippen LogP contribution is 2.16. The Labute approximate surface area is 170 Å². The highest BCUT2D eigenvalue weighted by atomic mass is 79.9. The van der Waals surface area contributed by atoms with Crippen LogP contribution in [-0.2, 0) is 11.2 Å². The number of anilines is 1. The minimum atomic E-state index is -0.245. The first kappa shape index (κ1) is 19.4. The molecule has 3 rings (SSSR count). The minimum Gasteiger partial charge on any atom is -0.325 e. The number of halogens is 1. The van der Waals surface area contributed by atoms with Crippen LogP contribution >= 0.6 is 27.7 Å². The summed E-state index contributed by atoms with van der Waals surface area (Å²) >= 11 is 4.51. The van der Waals surface area contributed by atoms with Crippen LogP contribution in [0.4, 0.5) is 5.69 Å². The third-order valence-corrected chi connectivity index (χ3v) is 5.39. The van der Waals surface area contributed by atoms with Gasteiger partial charge in [0.15, 0.2) is 5.03 Å². The molecular formula is C20H18BrN3O2S. The van der Waals surface area contributed by atoms with Crippen LogP contribution in [0.15, 0.2) is 75.2 Å². The minimum absolute atomic E-state index is 0.113. The number of rotatable bonds is 6. The molecule has 138 valence electrons. The predicted octanol–water partition coefficient (Wildman–Crippen LogP) is 4.29. The van der Waals surface area contributed by atoms with Crippen molar-refractivity contribution in [1.82, 2.24) is 9.55 Å². The lowest BCUT2D eigenvalue weighted by atomic mass is 10.1. The van der Waals surface area contributed by atoms with E-state index in [0.29, 0.717) is 0 Å². The highest BCUT2D eigenvalue weighted by molar-refractivity contribution is 9.10. The van der Waals surface area contributed by atoms with Gasteiger partial charge in [-0.1, -0.05) is 46.7 Å². The summed E-state index contributed by atoms with van der Waals surface area (Å²) in [5.74, 6) is -0.0632. The second-order valence-electron chi connectivity index (χ2n) is 5.77. The van der Waals surface area contributed by atoms with Crippen LogP contribution < -0.4 is 10.9 Å². The largest absolute Gasteiger partial charge is 0.325 e. The summed E-state index contributed by atoms with van der Waals surface area (Å²) in [7, 11) is 0. The number of aryl methyl sites for hydroxylation is 1. The van der Waals surface area contributed by atoms with Gasteiger partial charge in [-0.25, -0.2) is 4.98 Å². The van der Waals surface area contributed by atoms with Gasteiger partial charge in [0.05, 0.1) is 5.75 Å². The second kappa shape index (κ2) is 9.01. The molecular weight excluding hydrogens is 426 g/mol. The molecule has 27 heavy (non-hydrogen) atoms. The quantitative estimate of drug-likeness (QED) is 0.577. The summed E-state index contributed by atoms with van der Waals surface area (Å²) in [5.41, 5.74) is 2.45. The van der Waals surface area contributed by atoms with E-state index in [-0.39, 0.29) is 22.2 Å². The van der Waals surface area contributed by atoms with Crippen LogP contribution in [-0.4, -0.2) is 21.2 Å². The summed E-state index contributed by atoms with van der Waals surface area (Å²) in [5, 5.41) is 3.12. The van der Waals surface area contributed by atoms with E-state index in [4.69, 9.17) is 0 Å². The molecule has 0 unspecified atom stereocenters. The van der Waals surface area contributed by atoms with Gasteiger partial charge in [0.25, 0.3) is 5.56 Å². The topological polar surface area (TPSA) is 64.0 Å². The number of aromatic nitrogens is 2. The maximum atomic E-state index is 12.6. The van der Waals surface area contributed by atoms with Crippen molar-refractivity contribution in [2.75, 3.05) is 11.1 Å². The number of benzene rings is 2. The zero-order valence-corrected chi connectivity index (χ0v) is 17.1. The Hall–Kier alpha value is -2.38. The van der Waals surface area contributed by atoms with Crippen LogP contribution in [0.5, 0.6) is 0 Å². The Morgan fingerprint density at radius 1 is 1.15 bits per heavy atom. The van der Waals surface area contributed by atoms with Gasteiger partial charge in [-0.2, -0.15) is 0 Å². The fourth-order valence-corrected chi connectivity index (χ4v) is 3.41. The van der Waals surface area contributed by atoms with Crippen LogP contribution in [0.3, 0.4) is 0 Å². The van der Waals surface area contributed by atoms with Crippen molar-refractivity contribution >= 4 is 39.3 Å². The zero-order chi connectivity index (χ0) is 19.2. The number of carbonyl (C=O) groups is 1. The summed E-state index contributed by atoms with van der Waals surface area (Å²) in [6.45, 7) is 2.08. The fraction of sp³-hybridized carbons (Fsp3) is 0.150. The van der Waals surface area contributed by atoms with Gasteiger partial charge < -0.3 is 5.32 Å². The van der Waals surface area contributed by atoms with Crippen molar-refractivity contribution < 1.29 is 4.79 Å². The molecule has 5 nitrogen and oxygen atoms in total. The van der Waals surface area contributed by atoms with E-state index < -0.39 is 0 Å². The van der Waals surface area contributed by atoms with Gasteiger partial charge in [0.2, 0.25) is 5.91 Å². The van der Waals surface area contributed by atoms with Gasteiger partial charge >= 0.3 is 0 Å². The Kier molecular flexibility index (Phi) is 6.47. The van der Waals surface area contributed by atoms with Gasteiger partial charge in [-0.05, 0) is 48.4 Å². The van der Waals surface area contributed by atoms with Crippen molar-refractivity contribution in [3.8, 4) is 5.69 Å². The molecule has 0 aliphatic rings. The lowest BCUT2D eigenvalue weighted by molar-refractivity contribution is -0.113. The van der Waals surface area contributed by atoms with E-state index in [9.17, 15) is 9.59 Å². The van der Waals surface area contributed by atoms with E-state index in [0.717, 1.165) is 34.0 Å². The molecule has 0 atom stereocenters. The molecule has 1 aromatic heterocycles. The lowest BCUT2D eigenvalue weighted by Gasteiger charge is -2.08. The van der Waals surface area contributed by atoms with Gasteiger partial charge in [-0.15, -0.1) is 0 Å². The molecule has 0 aliphatic carbocycles. The Morgan fingerprint density at radius 2 is 1.85 bits per heavy atom. The summed E-state index contributed by atoms with van der Waals surface area (Å²) in [6.07, 6.45) is 4.13. The third kappa shape index (κ3) is 5.08. The molecule has 0 saturated heterocycles. The van der Waals surface area contributed by atoms with Gasteiger partial charge in [-0.3, -0.25) is 14.2 Å². The molecule has 0 fully saturated rings. The molecule has 0 bridgehead atoms. The van der Waals surface area contributed by atoms with Gasteiger partial charge in [0.1, 0.15) is 0 Å². The molecule has 2 aromatic carbocycles. The standard InChI is InChI=1S/C20H18BrN3O2S/c1-2-14-3-7-16(8-4-14)23-18(25)13-27-19-20(26)24(12-11-22-19)17-9-5-15(21)6-10-17/h3-12H,2,13H2,1H3,(H,23,25). The van der Waals surface area contributed by atoms with E-state index in [1.165, 1.54) is 10.1 Å². The van der Waals surface area contributed by atoms with E-state index in [1.54, 1.807) is 12.4 Å². The van der Waals surface area contributed by atoms with Crippen molar-refractivity contribution in [1.29, 1.82) is 0 Å². The van der Waals surface area contributed by atoms with E-state index in [1.807, 2.05) is 48.5 Å². The summed E-state index contributed by atoms with van der Waals surface area (Å²) in [4.78, 5) is 28.9. The molecule has 1 heterocycles. The molecule has 1 amide bonds. The number of carbonyl (C=O) groups excluding carboxylic acids is 1. The van der Waals surface area contributed by atoms with Crippen molar-refractivity contribution in [2.24, 2.45) is 0 Å². The van der Waals surface area contributed by atoms with Crippen LogP contribution in [0, 0.1) is 0 Å². The number of amides is 1. The smallest absolute Gasteiger partial charge is 0.287 e. The Bertz CT molecular complexity index is 985. The Morgan fingerprint density at radius 3 is 2.52 bits per heavy atom. The average Bonchev–Trinajstić information content (AvgIpc) is 2.68. The predicted molar refractivity (Wildman–Crippen MR) is 113 cm³/mol. The molecule has 1 N–H and O–H groups in total. The molecule has 0 aliphatic heterocycles. The van der Waals surface area contributed by atoms with Crippen molar-refractivity contribution in [3.05, 3.63) is 81.3 Å². The molecule has 0 radical (unpaired) electrons. The SMILES string of the molecule is CCc1ccc(NC(=O)CSc2nccn(-c3ccc(Br)cc3)c2=O)cc1. The summed E-state index contributed by atoms with van der Waals surface area (Å²) in [6, 6.07) is 15.1. The third-order valence-electron chi connectivity index (χ3n) is 3.90. The first-order valence-corrected chi connectivity index (χ1v) is 10.2. The van der Waals surface area contributed by atoms with Crippen LogP contribution in [0.2, 0.25) is 0 Å². The lowest BCUT2D eigenvalue weighted by Crippen LogP contribution is -2.22. The first-order chi connectivity index (χ1) is 13.1. The maximum absolute atomic E-state index is 12.6. The van der Waals surface area contributed by atoms with Crippen LogP contribution in [0.1, 0.15) is 12.5 Å². The molecule has 3 aromatic rings. The normalized spacial score (nSPS) is 10.6. The molecule has 0 spiro atoms. The number of hydrogen-bond acceptors (Lipinski definition) is 4. The average molecular weight is 444 g/mol. The number of nitrogens with one attached hydrogen (secondary N) is 1. The highest BCUT2D eigenvalue weighted by Gasteiger charge is 2.10. The molecule has 7 heteroatoms. The number of thioether (sulfide) groups is 1. The first-order valence-electron chi connectivity index (χ1n) is 8.42. The number of hydrogen-bond donors (Lipinski definition) is 1. The van der Waals surface area contributed by atoms with Crippen molar-refractivity contribution in [2.45, 2.75) is 18.4 Å². The van der Waals surface area contributed by atoms with Crippen LogP contribution in [0.25, 0.3) is 5.69 Å². The number of nitrogens with zero attached hydrogens (tertiary/aromatic N) is 2. The monoisotopic (exact) mass is 443 g/mol. The summed E-state index contributed by atoms with van der Waals surface area (Å²) < 4.78 is 2.45. The maximum Gasteiger partial charge on any atom is 0.287 e. The van der Waals surface area contributed by atoms with E-state index in [2.05, 4.69) is 33.2 Å². The fourth-order valence-electron chi connectivity index (χ4n) is 2.45. The van der Waals surface area contributed by atoms with Gasteiger partial charge in [0, 0.05) is 28.2 Å².